The normalized spacial score (nSPS) is 17.2. The minimum atomic E-state index is 0.480. The van der Waals surface area contributed by atoms with E-state index in [2.05, 4.69) is 41.4 Å². The Kier molecular flexibility index (Phi) is 3.05. The largest absolute Gasteiger partial charge is 0.261 e. The number of nitrogens with zero attached hydrogens (tertiary/aromatic N) is 1. The molecule has 0 saturated carbocycles. The zero-order valence-corrected chi connectivity index (χ0v) is 10.2. The lowest BCUT2D eigenvalue weighted by Crippen LogP contribution is -1.93. The molecule has 0 N–H and O–H groups in total. The Labute approximate surface area is 108 Å². The quantitative estimate of drug-likeness (QED) is 0.687. The van der Waals surface area contributed by atoms with Gasteiger partial charge < -0.3 is 0 Å². The maximum absolute atomic E-state index is 4.48. The molecule has 0 fully saturated rings. The predicted octanol–water partition coefficient (Wildman–Crippen LogP) is 4.59. The van der Waals surface area contributed by atoms with Crippen LogP contribution in [-0.4, -0.2) is 6.21 Å². The van der Waals surface area contributed by atoms with Crippen LogP contribution < -0.4 is 0 Å². The van der Waals surface area contributed by atoms with Gasteiger partial charge in [-0.3, -0.25) is 4.99 Å². The Morgan fingerprint density at radius 2 is 1.72 bits per heavy atom. The minimum absolute atomic E-state index is 0.480. The third-order valence-electron chi connectivity index (χ3n) is 3.26. The van der Waals surface area contributed by atoms with E-state index in [-0.39, 0.29) is 0 Å². The van der Waals surface area contributed by atoms with Gasteiger partial charge in [-0.15, -0.1) is 0 Å². The van der Waals surface area contributed by atoms with Crippen LogP contribution in [0.1, 0.15) is 23.5 Å². The van der Waals surface area contributed by atoms with Crippen LogP contribution in [-0.2, 0) is 0 Å². The van der Waals surface area contributed by atoms with E-state index in [1.54, 1.807) is 0 Å². The van der Waals surface area contributed by atoms with E-state index in [4.69, 9.17) is 0 Å². The number of benzene rings is 2. The van der Waals surface area contributed by atoms with Crippen LogP contribution >= 0.6 is 0 Å². The van der Waals surface area contributed by atoms with Gasteiger partial charge in [0, 0.05) is 12.1 Å². The molecule has 0 aromatic heterocycles. The number of fused-ring (bicyclic) bond motifs is 1. The Morgan fingerprint density at radius 1 is 0.944 bits per heavy atom. The molecule has 18 heavy (non-hydrogen) atoms. The van der Waals surface area contributed by atoms with E-state index in [9.17, 15) is 0 Å². The lowest BCUT2D eigenvalue weighted by Gasteiger charge is -2.07. The molecular formula is C17H15N. The van der Waals surface area contributed by atoms with Crippen molar-refractivity contribution in [2.75, 3.05) is 0 Å². The fourth-order valence-corrected chi connectivity index (χ4v) is 2.32. The average Bonchev–Trinajstić information content (AvgIpc) is 2.84. The zero-order valence-electron chi connectivity index (χ0n) is 10.2. The number of aliphatic imine (C=N–C) groups is 1. The average molecular weight is 233 g/mol. The molecule has 1 atom stereocenters. The van der Waals surface area contributed by atoms with E-state index >= 15 is 0 Å². The molecule has 1 heteroatoms. The van der Waals surface area contributed by atoms with Crippen molar-refractivity contribution in [1.29, 1.82) is 0 Å². The highest BCUT2D eigenvalue weighted by Crippen LogP contribution is 2.31. The summed E-state index contributed by atoms with van der Waals surface area (Å²) in [6.07, 6.45) is 7.45. The first kappa shape index (κ1) is 11.0. The lowest BCUT2D eigenvalue weighted by atomic mass is 9.98. The number of hydrogen-bond acceptors (Lipinski definition) is 1. The van der Waals surface area contributed by atoms with E-state index in [1.807, 2.05) is 36.5 Å². The molecule has 1 nitrogen and oxygen atoms in total. The first-order valence-corrected chi connectivity index (χ1v) is 6.28. The molecule has 3 rings (SSSR count). The second-order valence-electron chi connectivity index (χ2n) is 4.48. The smallest absolute Gasteiger partial charge is 0.0625 e. The van der Waals surface area contributed by atoms with Gasteiger partial charge in [-0.2, -0.15) is 0 Å². The summed E-state index contributed by atoms with van der Waals surface area (Å²) in [5.41, 5.74) is 3.78. The second-order valence-corrected chi connectivity index (χ2v) is 4.48. The summed E-state index contributed by atoms with van der Waals surface area (Å²) >= 11 is 0. The number of rotatable bonds is 3. The topological polar surface area (TPSA) is 12.4 Å². The van der Waals surface area contributed by atoms with Gasteiger partial charge in [0.25, 0.3) is 0 Å². The summed E-state index contributed by atoms with van der Waals surface area (Å²) in [7, 11) is 0. The molecule has 1 unspecified atom stereocenters. The molecule has 1 aliphatic rings. The Bertz CT molecular complexity index is 582. The molecule has 0 aliphatic heterocycles. The van der Waals surface area contributed by atoms with Gasteiger partial charge in [0.2, 0.25) is 0 Å². The highest BCUT2D eigenvalue weighted by Gasteiger charge is 2.14. The highest BCUT2D eigenvalue weighted by atomic mass is 14.7. The van der Waals surface area contributed by atoms with E-state index in [0.29, 0.717) is 5.92 Å². The van der Waals surface area contributed by atoms with Crippen molar-refractivity contribution in [2.24, 2.45) is 4.99 Å². The van der Waals surface area contributed by atoms with Crippen molar-refractivity contribution < 1.29 is 0 Å². The molecule has 0 spiro atoms. The Hall–Kier alpha value is -2.15. The van der Waals surface area contributed by atoms with Gasteiger partial charge in [-0.25, -0.2) is 0 Å². The molecule has 0 heterocycles. The molecule has 2 aromatic rings. The first-order chi connectivity index (χ1) is 8.93. The van der Waals surface area contributed by atoms with Crippen molar-refractivity contribution in [3.8, 4) is 0 Å². The van der Waals surface area contributed by atoms with Gasteiger partial charge >= 0.3 is 0 Å². The molecule has 0 radical (unpaired) electrons. The fraction of sp³-hybridized carbons (Fsp3) is 0.118. The zero-order chi connectivity index (χ0) is 12.2. The van der Waals surface area contributed by atoms with Crippen LogP contribution in [0.2, 0.25) is 0 Å². The number of hydrogen-bond donors (Lipinski definition) is 0. The van der Waals surface area contributed by atoms with Gasteiger partial charge in [0.05, 0.1) is 5.69 Å². The maximum atomic E-state index is 4.48. The summed E-state index contributed by atoms with van der Waals surface area (Å²) in [5.74, 6) is 0.480. The van der Waals surface area contributed by atoms with Crippen LogP contribution in [0.4, 0.5) is 5.69 Å². The maximum Gasteiger partial charge on any atom is 0.0625 e. The van der Waals surface area contributed by atoms with Gasteiger partial charge in [-0.05, 0) is 29.7 Å². The summed E-state index contributed by atoms with van der Waals surface area (Å²) in [4.78, 5) is 4.48. The standard InChI is InChI=1S/C17H15N/c1-2-7-16(8-3-1)18-13-12-15-11-10-14-6-4-5-9-17(14)15/h1-11,13,15H,12H2. The third-order valence-corrected chi connectivity index (χ3v) is 3.26. The highest BCUT2D eigenvalue weighted by molar-refractivity contribution is 5.69. The van der Waals surface area contributed by atoms with Gasteiger partial charge in [0.1, 0.15) is 0 Å². The Balaban J connectivity index is 1.69. The lowest BCUT2D eigenvalue weighted by molar-refractivity contribution is 0.922. The summed E-state index contributed by atoms with van der Waals surface area (Å²) in [5, 5.41) is 0. The van der Waals surface area contributed by atoms with Crippen molar-refractivity contribution in [1.82, 2.24) is 0 Å². The predicted molar refractivity (Wildman–Crippen MR) is 77.4 cm³/mol. The van der Waals surface area contributed by atoms with Crippen LogP contribution in [0.3, 0.4) is 0 Å². The van der Waals surface area contributed by atoms with Crippen molar-refractivity contribution in [3.63, 3.8) is 0 Å². The van der Waals surface area contributed by atoms with Gasteiger partial charge in [0.15, 0.2) is 0 Å². The number of allylic oxidation sites excluding steroid dienone is 1. The van der Waals surface area contributed by atoms with Crippen LogP contribution in [0.25, 0.3) is 6.08 Å². The molecular weight excluding hydrogens is 218 g/mol. The monoisotopic (exact) mass is 233 g/mol. The van der Waals surface area contributed by atoms with Crippen LogP contribution in [0, 0.1) is 0 Å². The molecule has 0 bridgehead atoms. The minimum Gasteiger partial charge on any atom is -0.261 e. The molecule has 1 aliphatic carbocycles. The summed E-state index contributed by atoms with van der Waals surface area (Å²) in [6, 6.07) is 18.6. The fourth-order valence-electron chi connectivity index (χ4n) is 2.32. The van der Waals surface area contributed by atoms with Gasteiger partial charge in [-0.1, -0.05) is 54.6 Å². The molecule has 88 valence electrons. The van der Waals surface area contributed by atoms with E-state index in [1.165, 1.54) is 11.1 Å². The summed E-state index contributed by atoms with van der Waals surface area (Å²) < 4.78 is 0. The van der Waals surface area contributed by atoms with Crippen LogP contribution in [0.15, 0.2) is 65.7 Å². The molecule has 0 saturated heterocycles. The van der Waals surface area contributed by atoms with E-state index in [0.717, 1.165) is 12.1 Å². The summed E-state index contributed by atoms with van der Waals surface area (Å²) in [6.45, 7) is 0. The van der Waals surface area contributed by atoms with Crippen molar-refractivity contribution in [3.05, 3.63) is 71.8 Å². The molecule has 2 aromatic carbocycles. The number of para-hydroxylation sites is 1. The second kappa shape index (κ2) is 5.01. The molecule has 0 amide bonds. The SMILES string of the molecule is C1=CC(CC=Nc2ccccc2)c2ccccc21. The van der Waals surface area contributed by atoms with Crippen LogP contribution in [0.5, 0.6) is 0 Å². The Morgan fingerprint density at radius 3 is 2.61 bits per heavy atom. The third kappa shape index (κ3) is 2.25. The van der Waals surface area contributed by atoms with Crippen molar-refractivity contribution >= 4 is 18.0 Å². The van der Waals surface area contributed by atoms with Crippen molar-refractivity contribution in [2.45, 2.75) is 12.3 Å². The first-order valence-electron chi connectivity index (χ1n) is 6.28. The van der Waals surface area contributed by atoms with E-state index < -0.39 is 0 Å².